The minimum absolute atomic E-state index is 0.314. The molecule has 1 aliphatic heterocycles. The van der Waals surface area contributed by atoms with Crippen molar-refractivity contribution in [1.29, 1.82) is 0 Å². The fraction of sp³-hybridized carbons (Fsp3) is 0.526. The van der Waals surface area contributed by atoms with Crippen molar-refractivity contribution in [3.63, 3.8) is 0 Å². The van der Waals surface area contributed by atoms with Crippen molar-refractivity contribution >= 4 is 11.5 Å². The van der Waals surface area contributed by atoms with Gasteiger partial charge in [-0.15, -0.1) is 0 Å². The molecule has 3 nitrogen and oxygen atoms in total. The number of nitrogens with two attached hydrogens (primary N) is 1. The first-order chi connectivity index (χ1) is 10.6. The summed E-state index contributed by atoms with van der Waals surface area (Å²) < 4.78 is 0. The minimum Gasteiger partial charge on any atom is -0.366 e. The number of piperidine rings is 1. The molecule has 0 spiro atoms. The monoisotopic (exact) mass is 298 g/mol. The summed E-state index contributed by atoms with van der Waals surface area (Å²) in [5.74, 6) is 1.03. The topological polar surface area (TPSA) is 55.1 Å². The average Bonchev–Trinajstić information content (AvgIpc) is 2.56. The molecule has 0 saturated carbocycles. The number of hydrogen-bond acceptors (Lipinski definition) is 2. The van der Waals surface area contributed by atoms with Gasteiger partial charge in [0.05, 0.1) is 0 Å². The van der Waals surface area contributed by atoms with Crippen LogP contribution in [0, 0.1) is 5.92 Å². The predicted octanol–water partition coefficient (Wildman–Crippen LogP) is 3.46. The molecule has 118 valence electrons. The summed E-state index contributed by atoms with van der Waals surface area (Å²) >= 11 is 0. The van der Waals surface area contributed by atoms with Crippen LogP contribution in [-0.2, 0) is 0 Å². The summed E-state index contributed by atoms with van der Waals surface area (Å²) in [7, 11) is 0. The number of carbonyl (C=O) groups excluding carboxylic acids is 1. The Morgan fingerprint density at radius 3 is 2.64 bits per heavy atom. The number of carbonyl (C=O) groups is 1. The predicted molar refractivity (Wildman–Crippen MR) is 90.8 cm³/mol. The number of primary amides is 1. The van der Waals surface area contributed by atoms with E-state index < -0.39 is 0 Å². The quantitative estimate of drug-likeness (QED) is 0.898. The smallest absolute Gasteiger partial charge is 0.249 e. The lowest BCUT2D eigenvalue weighted by molar-refractivity contribution is 0.1000. The van der Waals surface area contributed by atoms with Crippen molar-refractivity contribution in [3.8, 4) is 0 Å². The third-order valence-electron chi connectivity index (χ3n) is 5.14. The highest BCUT2D eigenvalue weighted by Gasteiger charge is 2.20. The van der Waals surface area contributed by atoms with Crippen molar-refractivity contribution in [3.05, 3.63) is 41.0 Å². The average molecular weight is 298 g/mol. The molecular formula is C19H26N2O. The highest BCUT2D eigenvalue weighted by atomic mass is 16.1. The van der Waals surface area contributed by atoms with E-state index in [-0.39, 0.29) is 5.91 Å². The molecule has 1 heterocycles. The van der Waals surface area contributed by atoms with Crippen LogP contribution >= 0.6 is 0 Å². The second kappa shape index (κ2) is 6.66. The molecule has 1 aliphatic carbocycles. The fourth-order valence-electron chi connectivity index (χ4n) is 3.66. The molecule has 3 N–H and O–H groups in total. The maximum atomic E-state index is 11.8. The van der Waals surface area contributed by atoms with Crippen LogP contribution in [-0.4, -0.2) is 19.0 Å². The molecule has 0 bridgehead atoms. The van der Waals surface area contributed by atoms with Gasteiger partial charge in [-0.25, -0.2) is 0 Å². The van der Waals surface area contributed by atoms with E-state index in [4.69, 9.17) is 5.73 Å². The second-order valence-electron chi connectivity index (χ2n) is 6.80. The van der Waals surface area contributed by atoms with Gasteiger partial charge < -0.3 is 11.1 Å². The molecule has 22 heavy (non-hydrogen) atoms. The second-order valence-corrected chi connectivity index (χ2v) is 6.80. The Morgan fingerprint density at radius 1 is 1.23 bits per heavy atom. The Hall–Kier alpha value is -1.61. The zero-order valence-electron chi connectivity index (χ0n) is 13.4. The van der Waals surface area contributed by atoms with Crippen LogP contribution in [0.1, 0.15) is 66.4 Å². The SMILES string of the molecule is CC1CC=C(c2cc(C3CCNCC3)ccc2C(N)=O)CC1. The van der Waals surface area contributed by atoms with E-state index >= 15 is 0 Å². The third-order valence-corrected chi connectivity index (χ3v) is 5.14. The van der Waals surface area contributed by atoms with Gasteiger partial charge in [-0.2, -0.15) is 0 Å². The van der Waals surface area contributed by atoms with E-state index in [9.17, 15) is 4.79 Å². The molecule has 0 aromatic heterocycles. The van der Waals surface area contributed by atoms with Gasteiger partial charge in [-0.05, 0) is 79.8 Å². The van der Waals surface area contributed by atoms with Gasteiger partial charge in [0.2, 0.25) is 5.91 Å². The molecule has 1 atom stereocenters. The molecule has 3 rings (SSSR count). The van der Waals surface area contributed by atoms with Gasteiger partial charge in [0.1, 0.15) is 0 Å². The van der Waals surface area contributed by atoms with Crippen molar-refractivity contribution in [2.24, 2.45) is 11.7 Å². The zero-order valence-corrected chi connectivity index (χ0v) is 13.4. The van der Waals surface area contributed by atoms with Crippen LogP contribution in [0.3, 0.4) is 0 Å². The van der Waals surface area contributed by atoms with E-state index in [0.29, 0.717) is 11.5 Å². The molecule has 1 unspecified atom stereocenters. The molecular weight excluding hydrogens is 272 g/mol. The van der Waals surface area contributed by atoms with Crippen LogP contribution in [0.15, 0.2) is 24.3 Å². The van der Waals surface area contributed by atoms with Crippen molar-refractivity contribution in [2.75, 3.05) is 13.1 Å². The largest absolute Gasteiger partial charge is 0.366 e. The number of rotatable bonds is 3. The lowest BCUT2D eigenvalue weighted by atomic mass is 9.82. The highest BCUT2D eigenvalue weighted by Crippen LogP contribution is 2.34. The summed E-state index contributed by atoms with van der Waals surface area (Å²) in [6.45, 7) is 4.45. The molecule has 1 amide bonds. The Labute approximate surface area is 133 Å². The molecule has 2 aliphatic rings. The molecule has 1 aromatic carbocycles. The highest BCUT2D eigenvalue weighted by molar-refractivity contribution is 5.98. The van der Waals surface area contributed by atoms with Gasteiger partial charge in [-0.3, -0.25) is 4.79 Å². The fourth-order valence-corrected chi connectivity index (χ4v) is 3.66. The van der Waals surface area contributed by atoms with Gasteiger partial charge >= 0.3 is 0 Å². The molecule has 1 saturated heterocycles. The first-order valence-electron chi connectivity index (χ1n) is 8.49. The Kier molecular flexibility index (Phi) is 4.63. The number of allylic oxidation sites excluding steroid dienone is 2. The van der Waals surface area contributed by atoms with Gasteiger partial charge in [0.15, 0.2) is 0 Å². The van der Waals surface area contributed by atoms with Gasteiger partial charge in [0.25, 0.3) is 0 Å². The lowest BCUT2D eigenvalue weighted by Crippen LogP contribution is -2.26. The minimum atomic E-state index is -0.314. The summed E-state index contributed by atoms with van der Waals surface area (Å²) in [6.07, 6.45) is 8.00. The van der Waals surface area contributed by atoms with Crippen LogP contribution in [0.5, 0.6) is 0 Å². The van der Waals surface area contributed by atoms with Crippen molar-refractivity contribution < 1.29 is 4.79 Å². The lowest BCUT2D eigenvalue weighted by Gasteiger charge is -2.25. The van der Waals surface area contributed by atoms with Gasteiger partial charge in [-0.1, -0.05) is 25.1 Å². The zero-order chi connectivity index (χ0) is 15.5. The van der Waals surface area contributed by atoms with Crippen molar-refractivity contribution in [2.45, 2.75) is 44.9 Å². The van der Waals surface area contributed by atoms with Crippen LogP contribution in [0.4, 0.5) is 0 Å². The summed E-state index contributed by atoms with van der Waals surface area (Å²) in [4.78, 5) is 11.8. The van der Waals surface area contributed by atoms with E-state index in [2.05, 4.69) is 30.4 Å². The van der Waals surface area contributed by atoms with E-state index in [1.807, 2.05) is 6.07 Å². The first-order valence-corrected chi connectivity index (χ1v) is 8.49. The number of amides is 1. The van der Waals surface area contributed by atoms with E-state index in [1.54, 1.807) is 0 Å². The Morgan fingerprint density at radius 2 is 2.00 bits per heavy atom. The van der Waals surface area contributed by atoms with E-state index in [1.165, 1.54) is 30.4 Å². The number of hydrogen-bond donors (Lipinski definition) is 2. The van der Waals surface area contributed by atoms with E-state index in [0.717, 1.165) is 37.4 Å². The van der Waals surface area contributed by atoms with Crippen LogP contribution < -0.4 is 11.1 Å². The molecule has 1 fully saturated rings. The Bertz CT molecular complexity index is 585. The van der Waals surface area contributed by atoms with Crippen molar-refractivity contribution in [1.82, 2.24) is 5.32 Å². The molecule has 1 aromatic rings. The molecule has 3 heteroatoms. The Balaban J connectivity index is 1.95. The maximum Gasteiger partial charge on any atom is 0.249 e. The third kappa shape index (κ3) is 3.25. The summed E-state index contributed by atoms with van der Waals surface area (Å²) in [5, 5.41) is 3.41. The summed E-state index contributed by atoms with van der Waals surface area (Å²) in [6, 6.07) is 6.28. The number of benzene rings is 1. The molecule has 0 radical (unpaired) electrons. The standard InChI is InChI=1S/C19H26N2O/c1-13-2-4-15(5-3-13)18-12-16(6-7-17(18)19(20)22)14-8-10-21-11-9-14/h4,6-7,12-14,21H,2-3,5,8-11H2,1H3,(H2,20,22). The summed E-state index contributed by atoms with van der Waals surface area (Å²) in [5.41, 5.74) is 10.0. The van der Waals surface area contributed by atoms with Crippen LogP contribution in [0.25, 0.3) is 5.57 Å². The van der Waals surface area contributed by atoms with Crippen LogP contribution in [0.2, 0.25) is 0 Å². The van der Waals surface area contributed by atoms with Gasteiger partial charge in [0, 0.05) is 5.56 Å². The number of nitrogens with one attached hydrogen (secondary N) is 1. The maximum absolute atomic E-state index is 11.8. The normalized spacial score (nSPS) is 23.1. The first kappa shape index (κ1) is 15.3.